The predicted molar refractivity (Wildman–Crippen MR) is 99.3 cm³/mol. The molecule has 9 heteroatoms. The summed E-state index contributed by atoms with van der Waals surface area (Å²) in [5.74, 6) is -1.66. The minimum atomic E-state index is -3.03. The molecule has 4 nitrogen and oxygen atoms in total. The van der Waals surface area contributed by atoms with E-state index in [9.17, 15) is 18.0 Å². The fourth-order valence-corrected chi connectivity index (χ4v) is 3.00. The number of carbonyl (C=O) groups excluding carboxylic acids is 1. The van der Waals surface area contributed by atoms with Crippen LogP contribution in [0.4, 0.5) is 18.9 Å². The van der Waals surface area contributed by atoms with Crippen LogP contribution in [0.1, 0.15) is 0 Å². The van der Waals surface area contributed by atoms with E-state index in [2.05, 4.69) is 10.7 Å². The highest BCUT2D eigenvalue weighted by atomic mass is 35.5. The van der Waals surface area contributed by atoms with Crippen LogP contribution in [-0.4, -0.2) is 29.9 Å². The molecule has 2 aromatic carbocycles. The van der Waals surface area contributed by atoms with Crippen molar-refractivity contribution in [1.82, 2.24) is 10.4 Å². The van der Waals surface area contributed by atoms with Crippen LogP contribution in [0.5, 0.6) is 0 Å². The van der Waals surface area contributed by atoms with Crippen LogP contribution < -0.4 is 10.7 Å². The number of nitrogens with one attached hydrogen (secondary N) is 2. The molecular formula is C18H14Cl2F3N3O. The third-order valence-electron chi connectivity index (χ3n) is 4.10. The van der Waals surface area contributed by atoms with Gasteiger partial charge >= 0.3 is 0 Å². The average molecular weight is 416 g/mol. The number of hydrogen-bond donors (Lipinski definition) is 2. The Hall–Kier alpha value is -2.22. The predicted octanol–water partition coefficient (Wildman–Crippen LogP) is 4.71. The van der Waals surface area contributed by atoms with Crippen molar-refractivity contribution in [2.75, 3.05) is 12.4 Å². The van der Waals surface area contributed by atoms with Crippen LogP contribution in [0.3, 0.4) is 0 Å². The lowest BCUT2D eigenvalue weighted by atomic mass is 9.99. The normalized spacial score (nSPS) is 19.0. The summed E-state index contributed by atoms with van der Waals surface area (Å²) in [5, 5.41) is 4.23. The monoisotopic (exact) mass is 415 g/mol. The standard InChI is InChI=1S/C18H14Cl2F3N3O/c1-26-7-6-18(25-26,16(22)23)17(27)24-15-9-11(21)3-4-12(15)10-2-5-13(19)14(20)8-10/h2-9,16,25H,1H3,(H,24,27). The lowest BCUT2D eigenvalue weighted by Crippen LogP contribution is -2.58. The summed E-state index contributed by atoms with van der Waals surface area (Å²) < 4.78 is 41.0. The number of anilines is 1. The fourth-order valence-electron chi connectivity index (χ4n) is 2.70. The Balaban J connectivity index is 1.99. The summed E-state index contributed by atoms with van der Waals surface area (Å²) in [5.41, 5.74) is 1.13. The third kappa shape index (κ3) is 3.76. The number of hydrazine groups is 1. The fraction of sp³-hybridized carbons (Fsp3) is 0.167. The largest absolute Gasteiger partial charge is 0.323 e. The van der Waals surface area contributed by atoms with E-state index < -0.39 is 23.7 Å². The van der Waals surface area contributed by atoms with Gasteiger partial charge < -0.3 is 10.3 Å². The summed E-state index contributed by atoms with van der Waals surface area (Å²) in [4.78, 5) is 12.6. The Kier molecular flexibility index (Phi) is 5.37. The van der Waals surface area contributed by atoms with Crippen molar-refractivity contribution in [3.8, 4) is 11.1 Å². The maximum atomic E-state index is 13.8. The molecule has 2 N–H and O–H groups in total. The molecule has 1 heterocycles. The lowest BCUT2D eigenvalue weighted by molar-refractivity contribution is -0.127. The average Bonchev–Trinajstić information content (AvgIpc) is 3.01. The smallest absolute Gasteiger partial charge is 0.270 e. The van der Waals surface area contributed by atoms with E-state index in [4.69, 9.17) is 23.2 Å². The molecule has 1 unspecified atom stereocenters. The molecule has 0 spiro atoms. The van der Waals surface area contributed by atoms with Crippen molar-refractivity contribution in [1.29, 1.82) is 0 Å². The molecule has 27 heavy (non-hydrogen) atoms. The van der Waals surface area contributed by atoms with Crippen molar-refractivity contribution in [2.24, 2.45) is 0 Å². The summed E-state index contributed by atoms with van der Waals surface area (Å²) in [6, 6.07) is 8.38. The van der Waals surface area contributed by atoms with Crippen molar-refractivity contribution < 1.29 is 18.0 Å². The first-order chi connectivity index (χ1) is 12.7. The van der Waals surface area contributed by atoms with Gasteiger partial charge in [-0.1, -0.05) is 29.3 Å². The quantitative estimate of drug-likeness (QED) is 0.759. The van der Waals surface area contributed by atoms with Crippen LogP contribution >= 0.6 is 23.2 Å². The second kappa shape index (κ2) is 7.42. The first kappa shape index (κ1) is 19.5. The van der Waals surface area contributed by atoms with E-state index in [1.807, 2.05) is 0 Å². The van der Waals surface area contributed by atoms with Crippen LogP contribution in [0.15, 0.2) is 48.7 Å². The molecule has 1 atom stereocenters. The first-order valence-corrected chi connectivity index (χ1v) is 8.53. The van der Waals surface area contributed by atoms with Gasteiger partial charge in [0.25, 0.3) is 12.3 Å². The lowest BCUT2D eigenvalue weighted by Gasteiger charge is -2.28. The van der Waals surface area contributed by atoms with Crippen molar-refractivity contribution in [3.05, 3.63) is 64.5 Å². The summed E-state index contributed by atoms with van der Waals surface area (Å²) >= 11 is 11.9. The minimum absolute atomic E-state index is 0.0307. The maximum absolute atomic E-state index is 13.8. The molecule has 0 bridgehead atoms. The molecule has 1 amide bonds. The minimum Gasteiger partial charge on any atom is -0.323 e. The third-order valence-corrected chi connectivity index (χ3v) is 4.84. The van der Waals surface area contributed by atoms with Crippen molar-refractivity contribution >= 4 is 34.8 Å². The summed E-state index contributed by atoms with van der Waals surface area (Å²) in [6.07, 6.45) is -0.650. The van der Waals surface area contributed by atoms with E-state index in [0.717, 1.165) is 12.1 Å². The molecule has 0 aromatic heterocycles. The molecule has 1 aliphatic heterocycles. The van der Waals surface area contributed by atoms with Gasteiger partial charge in [0.05, 0.1) is 15.7 Å². The number of nitrogens with zero attached hydrogens (tertiary/aromatic N) is 1. The molecule has 2 aromatic rings. The van der Waals surface area contributed by atoms with Crippen LogP contribution in [0.25, 0.3) is 11.1 Å². The van der Waals surface area contributed by atoms with Gasteiger partial charge in [0, 0.05) is 18.8 Å². The Bertz CT molecular complexity index is 923. The Morgan fingerprint density at radius 2 is 1.93 bits per heavy atom. The van der Waals surface area contributed by atoms with E-state index in [-0.39, 0.29) is 10.7 Å². The van der Waals surface area contributed by atoms with E-state index in [1.165, 1.54) is 36.5 Å². The number of halogens is 5. The van der Waals surface area contributed by atoms with Crippen LogP contribution in [0, 0.1) is 5.82 Å². The SMILES string of the molecule is CN1C=CC(C(=O)Nc2cc(F)ccc2-c2ccc(Cl)c(Cl)c2)(C(F)F)N1. The van der Waals surface area contributed by atoms with E-state index in [0.29, 0.717) is 16.1 Å². The van der Waals surface area contributed by atoms with Gasteiger partial charge in [-0.05, 0) is 42.0 Å². The topological polar surface area (TPSA) is 44.4 Å². The molecule has 3 rings (SSSR count). The highest BCUT2D eigenvalue weighted by molar-refractivity contribution is 6.42. The number of alkyl halides is 2. The zero-order chi connectivity index (χ0) is 19.8. The highest BCUT2D eigenvalue weighted by Crippen LogP contribution is 2.34. The van der Waals surface area contributed by atoms with Crippen LogP contribution in [0.2, 0.25) is 10.0 Å². The summed E-state index contributed by atoms with van der Waals surface area (Å²) in [7, 11) is 1.48. The Morgan fingerprint density at radius 1 is 1.19 bits per heavy atom. The second-order valence-electron chi connectivity index (χ2n) is 5.98. The van der Waals surface area contributed by atoms with Crippen molar-refractivity contribution in [2.45, 2.75) is 12.0 Å². The number of hydrogen-bond acceptors (Lipinski definition) is 3. The number of amides is 1. The second-order valence-corrected chi connectivity index (χ2v) is 6.80. The molecule has 0 saturated carbocycles. The molecule has 0 aliphatic carbocycles. The molecular weight excluding hydrogens is 402 g/mol. The number of rotatable bonds is 4. The Labute approximate surface area is 163 Å². The Morgan fingerprint density at radius 3 is 2.52 bits per heavy atom. The van der Waals surface area contributed by atoms with Crippen LogP contribution in [-0.2, 0) is 4.79 Å². The molecule has 0 radical (unpaired) electrons. The van der Waals surface area contributed by atoms with Gasteiger partial charge in [0.2, 0.25) is 0 Å². The maximum Gasteiger partial charge on any atom is 0.270 e. The molecule has 0 saturated heterocycles. The highest BCUT2D eigenvalue weighted by Gasteiger charge is 2.48. The summed E-state index contributed by atoms with van der Waals surface area (Å²) in [6.45, 7) is 0. The zero-order valence-corrected chi connectivity index (χ0v) is 15.5. The first-order valence-electron chi connectivity index (χ1n) is 7.77. The zero-order valence-electron chi connectivity index (χ0n) is 13.9. The molecule has 0 fully saturated rings. The van der Waals surface area contributed by atoms with Gasteiger partial charge in [0.15, 0.2) is 5.54 Å². The van der Waals surface area contributed by atoms with Gasteiger partial charge in [0.1, 0.15) is 5.82 Å². The van der Waals surface area contributed by atoms with Gasteiger partial charge in [-0.2, -0.15) is 0 Å². The number of benzene rings is 2. The van der Waals surface area contributed by atoms with E-state index in [1.54, 1.807) is 12.1 Å². The van der Waals surface area contributed by atoms with Gasteiger partial charge in [-0.3, -0.25) is 4.79 Å². The number of carbonyl (C=O) groups is 1. The van der Waals surface area contributed by atoms with E-state index >= 15 is 0 Å². The molecule has 142 valence electrons. The van der Waals surface area contributed by atoms with Crippen molar-refractivity contribution in [3.63, 3.8) is 0 Å². The van der Waals surface area contributed by atoms with Gasteiger partial charge in [-0.25, -0.2) is 18.6 Å². The van der Waals surface area contributed by atoms with Gasteiger partial charge in [-0.15, -0.1) is 0 Å². The molecule has 1 aliphatic rings.